The Balaban J connectivity index is 1.66. The number of methoxy groups -OCH3 is 1. The van der Waals surface area contributed by atoms with E-state index in [0.29, 0.717) is 11.5 Å². The Bertz CT molecular complexity index is 681. The number of carbonyl (C=O) groups is 1. The molecule has 2 fully saturated rings. The van der Waals surface area contributed by atoms with Gasteiger partial charge in [0.05, 0.1) is 19.3 Å². The van der Waals surface area contributed by atoms with Crippen molar-refractivity contribution in [2.75, 3.05) is 39.9 Å². The summed E-state index contributed by atoms with van der Waals surface area (Å²) in [6, 6.07) is 5.62. The van der Waals surface area contributed by atoms with Gasteiger partial charge in [-0.15, -0.1) is 0 Å². The van der Waals surface area contributed by atoms with Gasteiger partial charge in [-0.2, -0.15) is 0 Å². The topological polar surface area (TPSA) is 51.2 Å². The summed E-state index contributed by atoms with van der Waals surface area (Å²) in [5, 5.41) is 0. The van der Waals surface area contributed by atoms with Crippen molar-refractivity contribution in [2.45, 2.75) is 38.9 Å². The van der Waals surface area contributed by atoms with Gasteiger partial charge in [0.25, 0.3) is 5.91 Å². The van der Waals surface area contributed by atoms with E-state index < -0.39 is 0 Å². The molecule has 148 valence electrons. The molecule has 2 saturated heterocycles. The number of hydrogen-bond acceptors (Lipinski definition) is 5. The Morgan fingerprint density at radius 3 is 2.44 bits per heavy atom. The van der Waals surface area contributed by atoms with Crippen LogP contribution < -0.4 is 9.47 Å². The first kappa shape index (κ1) is 19.9. The molecular formula is C20H28N2O4S. The van der Waals surface area contributed by atoms with Gasteiger partial charge in [0.2, 0.25) is 0 Å². The molecule has 1 amide bonds. The van der Waals surface area contributed by atoms with Crippen LogP contribution in [0.1, 0.15) is 32.3 Å². The molecule has 2 aliphatic heterocycles. The Labute approximate surface area is 166 Å². The summed E-state index contributed by atoms with van der Waals surface area (Å²) in [6.07, 6.45) is 2.43. The van der Waals surface area contributed by atoms with E-state index in [9.17, 15) is 4.79 Å². The van der Waals surface area contributed by atoms with Gasteiger partial charge in [0, 0.05) is 31.7 Å². The highest BCUT2D eigenvalue weighted by Crippen LogP contribution is 2.29. The number of likely N-dealkylation sites (tertiary alicyclic amines) is 1. The maximum Gasteiger partial charge on any atom is 0.260 e. The third-order valence-corrected chi connectivity index (χ3v) is 5.42. The number of morpholine rings is 1. The van der Waals surface area contributed by atoms with Crippen LogP contribution in [0.4, 0.5) is 0 Å². The zero-order chi connectivity index (χ0) is 19.4. The monoisotopic (exact) mass is 392 g/mol. The first-order valence-corrected chi connectivity index (χ1v) is 9.92. The van der Waals surface area contributed by atoms with Gasteiger partial charge in [-0.05, 0) is 44.9 Å². The first-order valence-electron chi connectivity index (χ1n) is 9.51. The van der Waals surface area contributed by atoms with Gasteiger partial charge >= 0.3 is 0 Å². The molecule has 0 aliphatic carbocycles. The average Bonchev–Trinajstić information content (AvgIpc) is 3.19. The molecule has 2 heterocycles. The summed E-state index contributed by atoms with van der Waals surface area (Å²) >= 11 is 5.69. The first-order chi connectivity index (χ1) is 13.0. The molecule has 0 saturated carbocycles. The lowest BCUT2D eigenvalue weighted by atomic mass is 10.1. The van der Waals surface area contributed by atoms with Gasteiger partial charge in [-0.1, -0.05) is 12.2 Å². The summed E-state index contributed by atoms with van der Waals surface area (Å²) in [7, 11) is 1.59. The number of carbonyl (C=O) groups excluding carboxylic acids is 1. The van der Waals surface area contributed by atoms with Crippen molar-refractivity contribution in [3.8, 4) is 11.5 Å². The lowest BCUT2D eigenvalue weighted by Crippen LogP contribution is -2.47. The standard InChI is InChI=1S/C20H28N2O4S/c1-14-11-22(12-15(2)26-14)20(27)16-6-7-17(18(10-16)24-3)25-13-19(23)21-8-4-5-9-21/h6-7,10,14-15H,4-5,8-9,11-13H2,1-3H3/t14-,15-/m0/s1. The molecule has 1 aromatic carbocycles. The average molecular weight is 393 g/mol. The van der Waals surface area contributed by atoms with E-state index in [4.69, 9.17) is 26.4 Å². The van der Waals surface area contributed by atoms with E-state index in [2.05, 4.69) is 18.7 Å². The third kappa shape index (κ3) is 4.90. The predicted molar refractivity (Wildman–Crippen MR) is 108 cm³/mol. The van der Waals surface area contributed by atoms with Crippen LogP contribution >= 0.6 is 12.2 Å². The molecule has 0 unspecified atom stereocenters. The highest BCUT2D eigenvalue weighted by molar-refractivity contribution is 7.80. The maximum atomic E-state index is 12.2. The Hall–Kier alpha value is -1.86. The number of nitrogens with zero attached hydrogens (tertiary/aromatic N) is 2. The predicted octanol–water partition coefficient (Wildman–Crippen LogP) is 2.48. The highest BCUT2D eigenvalue weighted by Gasteiger charge is 2.25. The van der Waals surface area contributed by atoms with E-state index >= 15 is 0 Å². The quantitative estimate of drug-likeness (QED) is 0.718. The lowest BCUT2D eigenvalue weighted by molar-refractivity contribution is -0.132. The zero-order valence-corrected chi connectivity index (χ0v) is 17.1. The fourth-order valence-corrected chi connectivity index (χ4v) is 3.92. The molecule has 0 bridgehead atoms. The van der Waals surface area contributed by atoms with Crippen LogP contribution in [0, 0.1) is 0 Å². The third-order valence-electron chi connectivity index (χ3n) is 4.93. The molecule has 3 rings (SSSR count). The Kier molecular flexibility index (Phi) is 6.55. The van der Waals surface area contributed by atoms with Crippen LogP contribution in [0.3, 0.4) is 0 Å². The number of benzene rings is 1. The van der Waals surface area contributed by atoms with E-state index in [1.54, 1.807) is 7.11 Å². The van der Waals surface area contributed by atoms with Crippen molar-refractivity contribution in [2.24, 2.45) is 0 Å². The summed E-state index contributed by atoms with van der Waals surface area (Å²) < 4.78 is 17.0. The maximum absolute atomic E-state index is 12.2. The van der Waals surface area contributed by atoms with Crippen molar-refractivity contribution in [1.29, 1.82) is 0 Å². The second-order valence-corrected chi connectivity index (χ2v) is 7.60. The summed E-state index contributed by atoms with van der Waals surface area (Å²) in [4.78, 5) is 17.0. The minimum atomic E-state index is 0.0189. The van der Waals surface area contributed by atoms with Crippen LogP contribution in [0.5, 0.6) is 11.5 Å². The van der Waals surface area contributed by atoms with Crippen molar-refractivity contribution in [3.05, 3.63) is 23.8 Å². The number of ether oxygens (including phenoxy) is 3. The summed E-state index contributed by atoms with van der Waals surface area (Å²) in [5.41, 5.74) is 0.904. The fraction of sp³-hybridized carbons (Fsp3) is 0.600. The van der Waals surface area contributed by atoms with Gasteiger partial charge in [0.15, 0.2) is 18.1 Å². The second-order valence-electron chi connectivity index (χ2n) is 7.21. The molecule has 0 N–H and O–H groups in total. The molecule has 0 radical (unpaired) electrons. The van der Waals surface area contributed by atoms with Gasteiger partial charge in [-0.25, -0.2) is 0 Å². The Morgan fingerprint density at radius 1 is 1.15 bits per heavy atom. The van der Waals surface area contributed by atoms with Crippen molar-refractivity contribution in [1.82, 2.24) is 9.80 Å². The molecule has 6 nitrogen and oxygen atoms in total. The summed E-state index contributed by atoms with van der Waals surface area (Å²) in [5.74, 6) is 1.16. The molecule has 2 aliphatic rings. The van der Waals surface area contributed by atoms with Crippen LogP contribution in [0.2, 0.25) is 0 Å². The highest BCUT2D eigenvalue weighted by atomic mass is 32.1. The lowest BCUT2D eigenvalue weighted by Gasteiger charge is -2.37. The molecule has 7 heteroatoms. The largest absolute Gasteiger partial charge is 0.493 e. The van der Waals surface area contributed by atoms with Gasteiger partial charge in [0.1, 0.15) is 4.99 Å². The van der Waals surface area contributed by atoms with E-state index in [1.165, 1.54) is 0 Å². The van der Waals surface area contributed by atoms with E-state index in [0.717, 1.165) is 49.6 Å². The minimum Gasteiger partial charge on any atom is -0.493 e. The SMILES string of the molecule is COc1cc(C(=S)N2C[C@H](C)O[C@@H](C)C2)ccc1OCC(=O)N1CCCC1. The van der Waals surface area contributed by atoms with Crippen LogP contribution in [-0.2, 0) is 9.53 Å². The van der Waals surface area contributed by atoms with Crippen molar-refractivity contribution < 1.29 is 19.0 Å². The Morgan fingerprint density at radius 2 is 1.81 bits per heavy atom. The second kappa shape index (κ2) is 8.89. The van der Waals surface area contributed by atoms with E-state index in [-0.39, 0.29) is 24.7 Å². The van der Waals surface area contributed by atoms with Gasteiger partial charge in [-0.3, -0.25) is 4.79 Å². The fourth-order valence-electron chi connectivity index (χ4n) is 3.64. The molecular weight excluding hydrogens is 364 g/mol. The van der Waals surface area contributed by atoms with E-state index in [1.807, 2.05) is 23.1 Å². The number of thiocarbonyl (C=S) groups is 1. The molecule has 2 atom stereocenters. The van der Waals surface area contributed by atoms with Gasteiger partial charge < -0.3 is 24.0 Å². The molecule has 0 aromatic heterocycles. The smallest absolute Gasteiger partial charge is 0.260 e. The number of rotatable bonds is 5. The molecule has 0 spiro atoms. The number of hydrogen-bond donors (Lipinski definition) is 0. The summed E-state index contributed by atoms with van der Waals surface area (Å²) in [6.45, 7) is 7.33. The molecule has 1 aromatic rings. The number of amides is 1. The van der Waals surface area contributed by atoms with Crippen LogP contribution in [-0.4, -0.2) is 72.8 Å². The molecule has 27 heavy (non-hydrogen) atoms. The zero-order valence-electron chi connectivity index (χ0n) is 16.3. The van der Waals surface area contributed by atoms with Crippen LogP contribution in [0.25, 0.3) is 0 Å². The van der Waals surface area contributed by atoms with Crippen LogP contribution in [0.15, 0.2) is 18.2 Å². The van der Waals surface area contributed by atoms with Crippen molar-refractivity contribution >= 4 is 23.1 Å². The van der Waals surface area contributed by atoms with Crippen molar-refractivity contribution in [3.63, 3.8) is 0 Å². The minimum absolute atomic E-state index is 0.0189. The normalized spacial score (nSPS) is 22.6.